The molecule has 106 valence electrons. The van der Waals surface area contributed by atoms with Gasteiger partial charge in [0.05, 0.1) is 21.2 Å². The molecule has 2 rings (SSSR count). The van der Waals surface area contributed by atoms with Gasteiger partial charge in [-0.3, -0.25) is 4.98 Å². The van der Waals surface area contributed by atoms with E-state index in [4.69, 9.17) is 5.73 Å². The minimum Gasteiger partial charge on any atom is -0.368 e. The third-order valence-electron chi connectivity index (χ3n) is 2.66. The molecule has 20 heavy (non-hydrogen) atoms. The van der Waals surface area contributed by atoms with Gasteiger partial charge in [-0.2, -0.15) is 4.98 Å². The molecule has 2 heterocycles. The number of pyridine rings is 1. The smallest absolute Gasteiger partial charge is 0.222 e. The van der Waals surface area contributed by atoms with Crippen LogP contribution in [-0.2, 0) is 4.57 Å². The SMILES string of the molecule is Cc1nccc(Nc2nc(N)ncc2Br)c1P(C)(C)=O. The van der Waals surface area contributed by atoms with Crippen LogP contribution in [0.4, 0.5) is 17.5 Å². The van der Waals surface area contributed by atoms with Gasteiger partial charge in [0, 0.05) is 12.4 Å². The highest BCUT2D eigenvalue weighted by Crippen LogP contribution is 2.39. The van der Waals surface area contributed by atoms with Crippen LogP contribution in [-0.4, -0.2) is 28.3 Å². The number of nitrogens with one attached hydrogen (secondary N) is 1. The average molecular weight is 356 g/mol. The van der Waals surface area contributed by atoms with Crippen molar-refractivity contribution in [1.29, 1.82) is 0 Å². The summed E-state index contributed by atoms with van der Waals surface area (Å²) in [4.78, 5) is 12.2. The molecule has 6 nitrogen and oxygen atoms in total. The van der Waals surface area contributed by atoms with Gasteiger partial charge in [0.1, 0.15) is 13.0 Å². The summed E-state index contributed by atoms with van der Waals surface area (Å²) in [5.41, 5.74) is 7.03. The van der Waals surface area contributed by atoms with E-state index >= 15 is 0 Å². The van der Waals surface area contributed by atoms with Crippen LogP contribution in [0, 0.1) is 6.92 Å². The van der Waals surface area contributed by atoms with Crippen molar-refractivity contribution in [3.05, 3.63) is 28.6 Å². The molecule has 0 saturated carbocycles. The van der Waals surface area contributed by atoms with E-state index < -0.39 is 7.14 Å². The van der Waals surface area contributed by atoms with E-state index in [1.54, 1.807) is 31.8 Å². The summed E-state index contributed by atoms with van der Waals surface area (Å²) < 4.78 is 13.1. The molecule has 8 heteroatoms. The minimum absolute atomic E-state index is 0.166. The highest BCUT2D eigenvalue weighted by Gasteiger charge is 2.20. The molecule has 0 aliphatic carbocycles. The van der Waals surface area contributed by atoms with E-state index in [0.29, 0.717) is 21.3 Å². The summed E-state index contributed by atoms with van der Waals surface area (Å²) in [7, 11) is -2.47. The number of anilines is 3. The third-order valence-corrected chi connectivity index (χ3v) is 4.88. The van der Waals surface area contributed by atoms with Crippen LogP contribution in [0.5, 0.6) is 0 Å². The van der Waals surface area contributed by atoms with Crippen LogP contribution in [0.15, 0.2) is 22.9 Å². The lowest BCUT2D eigenvalue weighted by Crippen LogP contribution is -2.15. The third kappa shape index (κ3) is 3.16. The molecule has 0 fully saturated rings. The summed E-state index contributed by atoms with van der Waals surface area (Å²) >= 11 is 3.35. The number of hydrogen-bond donors (Lipinski definition) is 2. The Balaban J connectivity index is 2.52. The van der Waals surface area contributed by atoms with Crippen LogP contribution in [0.2, 0.25) is 0 Å². The molecule has 0 saturated heterocycles. The maximum atomic E-state index is 12.5. The average Bonchev–Trinajstić information content (AvgIpc) is 2.32. The quantitative estimate of drug-likeness (QED) is 0.821. The summed E-state index contributed by atoms with van der Waals surface area (Å²) in [5.74, 6) is 0.692. The second-order valence-electron chi connectivity index (χ2n) is 4.69. The Morgan fingerprint density at radius 3 is 2.70 bits per heavy atom. The van der Waals surface area contributed by atoms with Gasteiger partial charge in [-0.1, -0.05) is 0 Å². The van der Waals surface area contributed by atoms with Crippen LogP contribution in [0.1, 0.15) is 5.69 Å². The Kier molecular flexibility index (Phi) is 4.11. The van der Waals surface area contributed by atoms with Gasteiger partial charge in [-0.15, -0.1) is 0 Å². The molecule has 0 spiro atoms. The van der Waals surface area contributed by atoms with Crippen molar-refractivity contribution in [1.82, 2.24) is 15.0 Å². The lowest BCUT2D eigenvalue weighted by atomic mass is 10.3. The molecule has 2 aromatic heterocycles. The van der Waals surface area contributed by atoms with Gasteiger partial charge in [0.25, 0.3) is 0 Å². The van der Waals surface area contributed by atoms with Crippen molar-refractivity contribution < 1.29 is 4.57 Å². The van der Waals surface area contributed by atoms with Gasteiger partial charge in [0.2, 0.25) is 5.95 Å². The molecule has 0 bridgehead atoms. The van der Waals surface area contributed by atoms with Gasteiger partial charge in [-0.25, -0.2) is 4.98 Å². The maximum Gasteiger partial charge on any atom is 0.222 e. The topological polar surface area (TPSA) is 93.8 Å². The molecule has 0 amide bonds. The Hall–Kier alpha value is -1.46. The normalized spacial score (nSPS) is 11.4. The summed E-state index contributed by atoms with van der Waals surface area (Å²) in [5, 5.41) is 3.85. The Morgan fingerprint density at radius 2 is 2.05 bits per heavy atom. The van der Waals surface area contributed by atoms with Crippen molar-refractivity contribution in [3.63, 3.8) is 0 Å². The van der Waals surface area contributed by atoms with Crippen LogP contribution < -0.4 is 16.4 Å². The van der Waals surface area contributed by atoms with Crippen LogP contribution >= 0.6 is 23.1 Å². The number of aryl methyl sites for hydroxylation is 1. The van der Waals surface area contributed by atoms with Crippen molar-refractivity contribution in [2.45, 2.75) is 6.92 Å². The standard InChI is InChI=1S/C12H15BrN5OP/c1-7-10(20(2,3)19)9(4-5-15-7)17-11-8(13)6-16-12(14)18-11/h4-6H,1-3H3,(H3,14,15,16,17,18). The van der Waals surface area contributed by atoms with Crippen molar-refractivity contribution >= 4 is 45.8 Å². The molecular weight excluding hydrogens is 341 g/mol. The van der Waals surface area contributed by atoms with Gasteiger partial charge in [0.15, 0.2) is 0 Å². The van der Waals surface area contributed by atoms with E-state index in [1.165, 1.54) is 0 Å². The van der Waals surface area contributed by atoms with E-state index in [1.807, 2.05) is 6.92 Å². The van der Waals surface area contributed by atoms with Crippen LogP contribution in [0.3, 0.4) is 0 Å². The first-order chi connectivity index (χ1) is 9.29. The largest absolute Gasteiger partial charge is 0.368 e. The number of halogens is 1. The number of nitrogens with two attached hydrogens (primary N) is 1. The lowest BCUT2D eigenvalue weighted by Gasteiger charge is -2.17. The molecule has 0 unspecified atom stereocenters. The van der Waals surface area contributed by atoms with Gasteiger partial charge < -0.3 is 15.6 Å². The van der Waals surface area contributed by atoms with Crippen LogP contribution in [0.25, 0.3) is 0 Å². The van der Waals surface area contributed by atoms with Gasteiger partial charge >= 0.3 is 0 Å². The molecule has 0 atom stereocenters. The first-order valence-corrected chi connectivity index (χ1v) is 9.24. The number of nitrogen functional groups attached to an aromatic ring is 1. The molecular formula is C12H15BrN5OP. The zero-order valence-corrected chi connectivity index (χ0v) is 13.9. The molecule has 0 aromatic carbocycles. The lowest BCUT2D eigenvalue weighted by molar-refractivity contribution is 0.588. The first-order valence-electron chi connectivity index (χ1n) is 5.85. The monoisotopic (exact) mass is 355 g/mol. The van der Waals surface area contributed by atoms with Crippen molar-refractivity contribution in [2.75, 3.05) is 24.4 Å². The molecule has 0 aliphatic heterocycles. The van der Waals surface area contributed by atoms with E-state index in [9.17, 15) is 4.57 Å². The van der Waals surface area contributed by atoms with E-state index in [-0.39, 0.29) is 5.95 Å². The van der Waals surface area contributed by atoms with Crippen molar-refractivity contribution in [3.8, 4) is 0 Å². The zero-order chi connectivity index (χ0) is 14.9. The van der Waals surface area contributed by atoms with E-state index in [0.717, 1.165) is 5.69 Å². The predicted octanol–water partition coefficient (Wildman–Crippen LogP) is 2.52. The Morgan fingerprint density at radius 1 is 1.35 bits per heavy atom. The fourth-order valence-electron chi connectivity index (χ4n) is 1.94. The first kappa shape index (κ1) is 14.9. The number of nitrogens with zero attached hydrogens (tertiary/aromatic N) is 3. The van der Waals surface area contributed by atoms with E-state index in [2.05, 4.69) is 36.2 Å². The predicted molar refractivity (Wildman–Crippen MR) is 85.5 cm³/mol. The molecule has 3 N–H and O–H groups in total. The molecule has 2 aromatic rings. The zero-order valence-electron chi connectivity index (χ0n) is 11.4. The molecule has 0 aliphatic rings. The van der Waals surface area contributed by atoms with Crippen molar-refractivity contribution in [2.24, 2.45) is 0 Å². The Labute approximate surface area is 125 Å². The number of aromatic nitrogens is 3. The fourth-order valence-corrected chi connectivity index (χ4v) is 3.77. The summed E-state index contributed by atoms with van der Waals surface area (Å²) in [6, 6.07) is 1.77. The fraction of sp³-hybridized carbons (Fsp3) is 0.250. The number of rotatable bonds is 3. The highest BCUT2D eigenvalue weighted by atomic mass is 79.9. The van der Waals surface area contributed by atoms with Gasteiger partial charge in [-0.05, 0) is 42.2 Å². The molecule has 0 radical (unpaired) electrons. The summed E-state index contributed by atoms with van der Waals surface area (Å²) in [6.45, 7) is 5.26. The highest BCUT2D eigenvalue weighted by molar-refractivity contribution is 9.10. The second kappa shape index (κ2) is 5.50. The maximum absolute atomic E-state index is 12.5. The second-order valence-corrected chi connectivity index (χ2v) is 8.70. The summed E-state index contributed by atoms with van der Waals surface area (Å²) in [6.07, 6.45) is 3.23. The Bertz CT molecular complexity index is 700. The number of hydrogen-bond acceptors (Lipinski definition) is 6. The minimum atomic E-state index is -2.47.